The first-order valence-corrected chi connectivity index (χ1v) is 5.83. The molecule has 0 aromatic heterocycles. The first-order chi connectivity index (χ1) is 7.20. The second-order valence-corrected chi connectivity index (χ2v) is 4.55. The summed E-state index contributed by atoms with van der Waals surface area (Å²) in [5.41, 5.74) is 0. The van der Waals surface area contributed by atoms with Gasteiger partial charge in [-0.15, -0.1) is 0 Å². The van der Waals surface area contributed by atoms with Crippen LogP contribution in [0.2, 0.25) is 0 Å². The number of rotatable bonds is 4. The van der Waals surface area contributed by atoms with Crippen LogP contribution in [0.25, 0.3) is 0 Å². The Morgan fingerprint density at radius 1 is 1.47 bits per heavy atom. The number of nitrogens with zero attached hydrogens (tertiary/aromatic N) is 1. The third-order valence-electron chi connectivity index (χ3n) is 3.36. The van der Waals surface area contributed by atoms with Crippen molar-refractivity contribution in [2.45, 2.75) is 50.9 Å². The summed E-state index contributed by atoms with van der Waals surface area (Å²) in [7, 11) is 0. The maximum Gasteiger partial charge on any atom is 0.320 e. The van der Waals surface area contributed by atoms with Crippen molar-refractivity contribution in [2.24, 2.45) is 0 Å². The van der Waals surface area contributed by atoms with E-state index in [1.165, 1.54) is 0 Å². The van der Waals surface area contributed by atoms with E-state index in [9.17, 15) is 4.79 Å². The minimum absolute atomic E-state index is 0.280. The molecule has 2 aliphatic rings. The van der Waals surface area contributed by atoms with Crippen molar-refractivity contribution < 1.29 is 14.6 Å². The summed E-state index contributed by atoms with van der Waals surface area (Å²) >= 11 is 0. The molecule has 2 rings (SSSR count). The Balaban J connectivity index is 1.98. The van der Waals surface area contributed by atoms with Crippen molar-refractivity contribution in [2.75, 3.05) is 13.1 Å². The highest BCUT2D eigenvalue weighted by Crippen LogP contribution is 2.28. The molecule has 2 heterocycles. The maximum absolute atomic E-state index is 11.1. The second-order valence-electron chi connectivity index (χ2n) is 4.55. The van der Waals surface area contributed by atoms with Gasteiger partial charge in [-0.25, -0.2) is 0 Å². The number of ether oxygens (including phenoxy) is 1. The Hall–Kier alpha value is -0.610. The molecule has 86 valence electrons. The van der Waals surface area contributed by atoms with Crippen LogP contribution in [-0.2, 0) is 9.53 Å². The average molecular weight is 213 g/mol. The van der Waals surface area contributed by atoms with Crippen molar-refractivity contribution in [3.63, 3.8) is 0 Å². The van der Waals surface area contributed by atoms with Gasteiger partial charge in [0.05, 0.1) is 12.2 Å². The van der Waals surface area contributed by atoms with Crippen molar-refractivity contribution in [1.82, 2.24) is 4.90 Å². The van der Waals surface area contributed by atoms with E-state index >= 15 is 0 Å². The number of carboxylic acid groups (broad SMARTS) is 1. The predicted molar refractivity (Wildman–Crippen MR) is 55.8 cm³/mol. The predicted octanol–water partition coefficient (Wildman–Crippen LogP) is 1.10. The van der Waals surface area contributed by atoms with Crippen LogP contribution >= 0.6 is 0 Å². The van der Waals surface area contributed by atoms with Gasteiger partial charge in [-0.3, -0.25) is 9.69 Å². The zero-order chi connectivity index (χ0) is 10.8. The van der Waals surface area contributed by atoms with Crippen LogP contribution in [0.3, 0.4) is 0 Å². The van der Waals surface area contributed by atoms with Crippen molar-refractivity contribution in [3.05, 3.63) is 0 Å². The van der Waals surface area contributed by atoms with Gasteiger partial charge in [0.1, 0.15) is 6.04 Å². The molecule has 0 aromatic rings. The largest absolute Gasteiger partial charge is 0.480 e. The molecule has 2 saturated heterocycles. The standard InChI is InChI=1S/C11H19NO3/c1-2-3-10(11(13)14)12-6-8-4-5-9(7-12)15-8/h8-10H,2-7H2,1H3,(H,13,14). The number of likely N-dealkylation sites (tertiary alicyclic amines) is 1. The lowest BCUT2D eigenvalue weighted by Crippen LogP contribution is -2.50. The van der Waals surface area contributed by atoms with Gasteiger partial charge in [-0.2, -0.15) is 0 Å². The number of carbonyl (C=O) groups is 1. The lowest BCUT2D eigenvalue weighted by molar-refractivity contribution is -0.147. The van der Waals surface area contributed by atoms with E-state index < -0.39 is 5.97 Å². The monoisotopic (exact) mass is 213 g/mol. The minimum Gasteiger partial charge on any atom is -0.480 e. The normalized spacial score (nSPS) is 32.9. The third kappa shape index (κ3) is 2.32. The molecule has 0 amide bonds. The van der Waals surface area contributed by atoms with Gasteiger partial charge in [0.2, 0.25) is 0 Å². The molecule has 4 nitrogen and oxygen atoms in total. The Morgan fingerprint density at radius 2 is 2.07 bits per heavy atom. The summed E-state index contributed by atoms with van der Waals surface area (Å²) in [4.78, 5) is 13.2. The molecule has 0 spiro atoms. The number of carboxylic acids is 1. The van der Waals surface area contributed by atoms with E-state index in [-0.39, 0.29) is 18.2 Å². The van der Waals surface area contributed by atoms with Crippen molar-refractivity contribution in [1.29, 1.82) is 0 Å². The molecule has 2 aliphatic heterocycles. The number of fused-ring (bicyclic) bond motifs is 2. The van der Waals surface area contributed by atoms with E-state index in [1.807, 2.05) is 6.92 Å². The van der Waals surface area contributed by atoms with Crippen LogP contribution in [0.1, 0.15) is 32.6 Å². The average Bonchev–Trinajstić information content (AvgIpc) is 2.54. The molecule has 3 atom stereocenters. The van der Waals surface area contributed by atoms with E-state index in [0.29, 0.717) is 0 Å². The minimum atomic E-state index is -0.682. The van der Waals surface area contributed by atoms with E-state index in [1.54, 1.807) is 0 Å². The van der Waals surface area contributed by atoms with Gasteiger partial charge >= 0.3 is 5.97 Å². The summed E-state index contributed by atoms with van der Waals surface area (Å²) in [6, 6.07) is -0.304. The summed E-state index contributed by atoms with van der Waals surface area (Å²) < 4.78 is 5.70. The molecular weight excluding hydrogens is 194 g/mol. The van der Waals surface area contributed by atoms with Crippen LogP contribution in [-0.4, -0.2) is 47.3 Å². The van der Waals surface area contributed by atoms with Crippen LogP contribution in [0.5, 0.6) is 0 Å². The van der Waals surface area contributed by atoms with E-state index in [2.05, 4.69) is 4.90 Å². The lowest BCUT2D eigenvalue weighted by Gasteiger charge is -2.35. The summed E-state index contributed by atoms with van der Waals surface area (Å²) in [5.74, 6) is -0.682. The molecule has 3 unspecified atom stereocenters. The van der Waals surface area contributed by atoms with Gasteiger partial charge in [0, 0.05) is 13.1 Å². The highest BCUT2D eigenvalue weighted by Gasteiger charge is 2.38. The van der Waals surface area contributed by atoms with Gasteiger partial charge in [-0.1, -0.05) is 13.3 Å². The molecule has 0 radical (unpaired) electrons. The molecule has 4 heteroatoms. The van der Waals surface area contributed by atoms with Crippen LogP contribution in [0.15, 0.2) is 0 Å². The third-order valence-corrected chi connectivity index (χ3v) is 3.36. The van der Waals surface area contributed by atoms with Crippen LogP contribution in [0.4, 0.5) is 0 Å². The van der Waals surface area contributed by atoms with Crippen LogP contribution in [0, 0.1) is 0 Å². The fourth-order valence-corrected chi connectivity index (χ4v) is 2.64. The number of hydrogen-bond donors (Lipinski definition) is 1. The maximum atomic E-state index is 11.1. The van der Waals surface area contributed by atoms with Gasteiger partial charge in [0.15, 0.2) is 0 Å². The smallest absolute Gasteiger partial charge is 0.320 e. The molecule has 0 aliphatic carbocycles. The molecule has 1 N–H and O–H groups in total. The molecule has 0 aromatic carbocycles. The fraction of sp³-hybridized carbons (Fsp3) is 0.909. The SMILES string of the molecule is CCCC(C(=O)O)N1CC2CCC(C1)O2. The summed E-state index contributed by atoms with van der Waals surface area (Å²) in [6.45, 7) is 3.63. The Morgan fingerprint density at radius 3 is 2.53 bits per heavy atom. The Labute approximate surface area is 90.2 Å². The topological polar surface area (TPSA) is 49.8 Å². The number of morpholine rings is 1. The van der Waals surface area contributed by atoms with Crippen molar-refractivity contribution >= 4 is 5.97 Å². The molecule has 2 bridgehead atoms. The molecule has 0 saturated carbocycles. The highest BCUT2D eigenvalue weighted by molar-refractivity contribution is 5.73. The van der Waals surface area contributed by atoms with Gasteiger partial charge in [-0.05, 0) is 19.3 Å². The fourth-order valence-electron chi connectivity index (χ4n) is 2.64. The highest BCUT2D eigenvalue weighted by atomic mass is 16.5. The summed E-state index contributed by atoms with van der Waals surface area (Å²) in [5, 5.41) is 9.17. The Bertz CT molecular complexity index is 232. The van der Waals surface area contributed by atoms with Crippen LogP contribution < -0.4 is 0 Å². The Kier molecular flexibility index (Phi) is 3.26. The quantitative estimate of drug-likeness (QED) is 0.760. The number of hydrogen-bond acceptors (Lipinski definition) is 3. The van der Waals surface area contributed by atoms with Crippen molar-refractivity contribution in [3.8, 4) is 0 Å². The molecule has 2 fully saturated rings. The summed E-state index contributed by atoms with van der Waals surface area (Å²) in [6.07, 6.45) is 4.42. The van der Waals surface area contributed by atoms with Gasteiger partial charge < -0.3 is 9.84 Å². The lowest BCUT2D eigenvalue weighted by atomic mass is 10.1. The zero-order valence-corrected chi connectivity index (χ0v) is 9.19. The number of aliphatic carboxylic acids is 1. The van der Waals surface area contributed by atoms with Gasteiger partial charge in [0.25, 0.3) is 0 Å². The first-order valence-electron chi connectivity index (χ1n) is 5.83. The molecule has 15 heavy (non-hydrogen) atoms. The first kappa shape index (κ1) is 10.9. The van der Waals surface area contributed by atoms with E-state index in [0.717, 1.165) is 38.8 Å². The zero-order valence-electron chi connectivity index (χ0n) is 9.19. The molecular formula is C11H19NO3. The van der Waals surface area contributed by atoms with E-state index in [4.69, 9.17) is 9.84 Å². The second kappa shape index (κ2) is 4.49.